The molecular weight excluding hydrogens is 331 g/mol. The van der Waals surface area contributed by atoms with Crippen molar-refractivity contribution >= 4 is 22.6 Å². The average Bonchev–Trinajstić information content (AvgIpc) is 2.60. The van der Waals surface area contributed by atoms with Gasteiger partial charge in [0.1, 0.15) is 18.0 Å². The molecule has 2 bridgehead atoms. The number of aromatic nitrogens is 2. The molecule has 3 heterocycles. The van der Waals surface area contributed by atoms with Gasteiger partial charge in [0.2, 0.25) is 5.91 Å². The third-order valence-corrected chi connectivity index (χ3v) is 5.67. The number of nitrogens with zero attached hydrogens (tertiary/aromatic N) is 3. The van der Waals surface area contributed by atoms with Crippen LogP contribution in [-0.2, 0) is 4.79 Å². The molecule has 138 valence electrons. The highest BCUT2D eigenvalue weighted by molar-refractivity contribution is 5.89. The number of nitrogens with one attached hydrogen (secondary N) is 1. The van der Waals surface area contributed by atoms with E-state index in [9.17, 15) is 9.18 Å². The van der Waals surface area contributed by atoms with E-state index in [4.69, 9.17) is 0 Å². The fourth-order valence-corrected chi connectivity index (χ4v) is 4.43. The Morgan fingerprint density at radius 1 is 1.23 bits per heavy atom. The Hall–Kier alpha value is -2.24. The van der Waals surface area contributed by atoms with Crippen LogP contribution in [0.15, 0.2) is 24.5 Å². The molecule has 1 N–H and O–H groups in total. The molecule has 1 aromatic carbocycles. The summed E-state index contributed by atoms with van der Waals surface area (Å²) in [6, 6.07) is 5.53. The molecule has 2 aromatic rings. The van der Waals surface area contributed by atoms with E-state index in [1.807, 2.05) is 13.8 Å². The van der Waals surface area contributed by atoms with Gasteiger partial charge in [0.15, 0.2) is 0 Å². The first kappa shape index (κ1) is 17.2. The van der Waals surface area contributed by atoms with Crippen molar-refractivity contribution in [3.63, 3.8) is 0 Å². The lowest BCUT2D eigenvalue weighted by Crippen LogP contribution is -2.57. The van der Waals surface area contributed by atoms with Crippen LogP contribution < -0.4 is 10.2 Å². The fraction of sp³-hybridized carbons (Fsp3) is 0.550. The number of carbonyl (C=O) groups excluding carboxylic acids is 1. The first-order valence-corrected chi connectivity index (χ1v) is 9.52. The highest BCUT2D eigenvalue weighted by Crippen LogP contribution is 2.39. The molecule has 0 radical (unpaired) electrons. The summed E-state index contributed by atoms with van der Waals surface area (Å²) < 4.78 is 13.8. The number of halogens is 1. The number of hydrogen-bond donors (Lipinski definition) is 1. The molecule has 2 atom stereocenters. The molecule has 2 aliphatic heterocycles. The maximum absolute atomic E-state index is 13.8. The zero-order chi connectivity index (χ0) is 18.3. The minimum atomic E-state index is -0.266. The maximum Gasteiger partial charge on any atom is 0.222 e. The molecule has 1 amide bonds. The standard InChI is InChI=1S/C20H25FN4O/c1-12(2)20(26)24-14-9-15-4-3-5-16(10-14)25(15)19-17-8-13(21)6-7-18(17)22-11-23-19/h6-8,11-12,14-16H,3-5,9-10H2,1-2H3,(H,24,26). The number of fused-ring (bicyclic) bond motifs is 3. The van der Waals surface area contributed by atoms with Crippen LogP contribution in [0.4, 0.5) is 10.2 Å². The van der Waals surface area contributed by atoms with Crippen molar-refractivity contribution in [1.82, 2.24) is 15.3 Å². The van der Waals surface area contributed by atoms with Gasteiger partial charge in [0.25, 0.3) is 0 Å². The Balaban J connectivity index is 1.64. The lowest BCUT2D eigenvalue weighted by molar-refractivity contribution is -0.125. The van der Waals surface area contributed by atoms with Gasteiger partial charge in [-0.2, -0.15) is 0 Å². The monoisotopic (exact) mass is 356 g/mol. The molecule has 2 aliphatic rings. The number of carbonyl (C=O) groups is 1. The van der Waals surface area contributed by atoms with Gasteiger partial charge in [-0.1, -0.05) is 13.8 Å². The van der Waals surface area contributed by atoms with E-state index in [0.717, 1.165) is 42.4 Å². The molecule has 2 saturated heterocycles. The second-order valence-corrected chi connectivity index (χ2v) is 7.84. The normalized spacial score (nSPS) is 25.5. The molecule has 1 aromatic heterocycles. The number of rotatable bonds is 3. The Morgan fingerprint density at radius 2 is 1.96 bits per heavy atom. The van der Waals surface area contributed by atoms with Crippen LogP contribution in [-0.4, -0.2) is 34.0 Å². The summed E-state index contributed by atoms with van der Waals surface area (Å²) in [4.78, 5) is 23.3. The van der Waals surface area contributed by atoms with Crippen molar-refractivity contribution < 1.29 is 9.18 Å². The van der Waals surface area contributed by atoms with E-state index < -0.39 is 0 Å². The van der Waals surface area contributed by atoms with Crippen LogP contribution in [0.2, 0.25) is 0 Å². The largest absolute Gasteiger partial charge is 0.353 e. The van der Waals surface area contributed by atoms with Gasteiger partial charge in [0, 0.05) is 29.4 Å². The summed E-state index contributed by atoms with van der Waals surface area (Å²) in [6.45, 7) is 3.85. The molecular formula is C20H25FN4O. The van der Waals surface area contributed by atoms with Gasteiger partial charge in [0.05, 0.1) is 5.52 Å². The third kappa shape index (κ3) is 3.13. The summed E-state index contributed by atoms with van der Waals surface area (Å²) in [6.07, 6.45) is 6.73. The predicted octanol–water partition coefficient (Wildman–Crippen LogP) is 3.43. The molecule has 0 spiro atoms. The topological polar surface area (TPSA) is 58.1 Å². The number of hydrogen-bond acceptors (Lipinski definition) is 4. The lowest BCUT2D eigenvalue weighted by Gasteiger charge is -2.50. The van der Waals surface area contributed by atoms with Gasteiger partial charge in [-0.05, 0) is 50.3 Å². The van der Waals surface area contributed by atoms with Crippen molar-refractivity contribution in [3.8, 4) is 0 Å². The van der Waals surface area contributed by atoms with Crippen LogP contribution in [0, 0.1) is 11.7 Å². The van der Waals surface area contributed by atoms with E-state index in [1.165, 1.54) is 18.6 Å². The van der Waals surface area contributed by atoms with Gasteiger partial charge < -0.3 is 10.2 Å². The van der Waals surface area contributed by atoms with E-state index in [2.05, 4.69) is 20.2 Å². The van der Waals surface area contributed by atoms with Gasteiger partial charge in [-0.3, -0.25) is 4.79 Å². The Kier molecular flexibility index (Phi) is 4.51. The zero-order valence-electron chi connectivity index (χ0n) is 15.3. The third-order valence-electron chi connectivity index (χ3n) is 5.67. The summed E-state index contributed by atoms with van der Waals surface area (Å²) in [5.41, 5.74) is 0.768. The number of anilines is 1. The summed E-state index contributed by atoms with van der Waals surface area (Å²) in [5, 5.41) is 3.98. The zero-order valence-corrected chi connectivity index (χ0v) is 15.3. The molecule has 26 heavy (non-hydrogen) atoms. The van der Waals surface area contributed by atoms with Crippen LogP contribution in [0.3, 0.4) is 0 Å². The highest BCUT2D eigenvalue weighted by Gasteiger charge is 2.40. The van der Waals surface area contributed by atoms with Gasteiger partial charge in [-0.25, -0.2) is 14.4 Å². The van der Waals surface area contributed by atoms with Crippen LogP contribution in [0.5, 0.6) is 0 Å². The van der Waals surface area contributed by atoms with E-state index in [-0.39, 0.29) is 23.7 Å². The molecule has 0 saturated carbocycles. The summed E-state index contributed by atoms with van der Waals surface area (Å²) >= 11 is 0. The van der Waals surface area contributed by atoms with Gasteiger partial charge in [-0.15, -0.1) is 0 Å². The molecule has 5 nitrogen and oxygen atoms in total. The summed E-state index contributed by atoms with van der Waals surface area (Å²) in [5.74, 6) is 0.688. The smallest absolute Gasteiger partial charge is 0.222 e. The molecule has 6 heteroatoms. The lowest BCUT2D eigenvalue weighted by atomic mass is 9.81. The molecule has 0 aliphatic carbocycles. The Labute approximate surface area is 153 Å². The predicted molar refractivity (Wildman–Crippen MR) is 99.4 cm³/mol. The summed E-state index contributed by atoms with van der Waals surface area (Å²) in [7, 11) is 0. The molecule has 4 rings (SSSR count). The first-order valence-electron chi connectivity index (χ1n) is 9.52. The molecule has 2 unspecified atom stereocenters. The van der Waals surface area contributed by atoms with E-state index in [0.29, 0.717) is 12.1 Å². The second-order valence-electron chi connectivity index (χ2n) is 7.84. The SMILES string of the molecule is CC(C)C(=O)NC1CC2CCCC(C1)N2c1ncnc2ccc(F)cc12. The second kappa shape index (κ2) is 6.82. The number of benzene rings is 1. The highest BCUT2D eigenvalue weighted by atomic mass is 19.1. The van der Waals surface area contributed by atoms with E-state index in [1.54, 1.807) is 12.4 Å². The quantitative estimate of drug-likeness (QED) is 0.915. The first-order chi connectivity index (χ1) is 12.5. The van der Waals surface area contributed by atoms with Gasteiger partial charge >= 0.3 is 0 Å². The van der Waals surface area contributed by atoms with Crippen molar-refractivity contribution in [2.75, 3.05) is 4.90 Å². The minimum Gasteiger partial charge on any atom is -0.353 e. The van der Waals surface area contributed by atoms with E-state index >= 15 is 0 Å². The fourth-order valence-electron chi connectivity index (χ4n) is 4.43. The van der Waals surface area contributed by atoms with Crippen LogP contribution in [0.1, 0.15) is 46.0 Å². The van der Waals surface area contributed by atoms with Crippen molar-refractivity contribution in [1.29, 1.82) is 0 Å². The maximum atomic E-state index is 13.8. The Morgan fingerprint density at radius 3 is 2.65 bits per heavy atom. The Bertz CT molecular complexity index is 811. The minimum absolute atomic E-state index is 0.00153. The van der Waals surface area contributed by atoms with Crippen LogP contribution >= 0.6 is 0 Å². The van der Waals surface area contributed by atoms with Crippen LogP contribution in [0.25, 0.3) is 10.9 Å². The van der Waals surface area contributed by atoms with Crippen molar-refractivity contribution in [3.05, 3.63) is 30.3 Å². The number of amides is 1. The average molecular weight is 356 g/mol. The van der Waals surface area contributed by atoms with Crippen molar-refractivity contribution in [2.24, 2.45) is 5.92 Å². The number of piperidine rings is 2. The molecule has 2 fully saturated rings. The van der Waals surface area contributed by atoms with Crippen molar-refractivity contribution in [2.45, 2.75) is 64.1 Å².